The van der Waals surface area contributed by atoms with Gasteiger partial charge < -0.3 is 14.3 Å². The molecule has 1 amide bonds. The van der Waals surface area contributed by atoms with E-state index in [4.69, 9.17) is 16.1 Å². The lowest BCUT2D eigenvalue weighted by Gasteiger charge is -2.25. The number of carbonyl (C=O) groups is 1. The predicted molar refractivity (Wildman–Crippen MR) is 137 cm³/mol. The van der Waals surface area contributed by atoms with Gasteiger partial charge in [-0.3, -0.25) is 4.79 Å². The molecular weight excluding hydrogens is 446 g/mol. The van der Waals surface area contributed by atoms with Crippen LogP contribution in [0.1, 0.15) is 35.3 Å². The van der Waals surface area contributed by atoms with Gasteiger partial charge >= 0.3 is 0 Å². The average molecular weight is 474 g/mol. The maximum absolute atomic E-state index is 13.7. The maximum atomic E-state index is 13.7. The number of anilines is 1. The van der Waals surface area contributed by atoms with Crippen LogP contribution < -0.4 is 4.90 Å². The summed E-state index contributed by atoms with van der Waals surface area (Å²) >= 11 is 6.07. The van der Waals surface area contributed by atoms with Crippen LogP contribution >= 0.6 is 11.6 Å². The van der Waals surface area contributed by atoms with Gasteiger partial charge in [-0.05, 0) is 43.7 Å². The SMILES string of the molecule is CCN(CC)c1onc(-c2ccccc2)c1CN(Cc1ccccc1)C(=O)c1ccc(Cl)cc1. The molecule has 0 atom stereocenters. The third-order valence-corrected chi connectivity index (χ3v) is 6.06. The third-order valence-electron chi connectivity index (χ3n) is 5.81. The summed E-state index contributed by atoms with van der Waals surface area (Å²) in [7, 11) is 0. The first-order valence-corrected chi connectivity index (χ1v) is 11.9. The van der Waals surface area contributed by atoms with Crippen LogP contribution in [0.15, 0.2) is 89.5 Å². The van der Waals surface area contributed by atoms with Gasteiger partial charge in [0.2, 0.25) is 5.88 Å². The zero-order valence-corrected chi connectivity index (χ0v) is 20.2. The summed E-state index contributed by atoms with van der Waals surface area (Å²) in [4.78, 5) is 17.6. The molecule has 3 aromatic carbocycles. The van der Waals surface area contributed by atoms with Crippen molar-refractivity contribution >= 4 is 23.4 Å². The molecule has 6 heteroatoms. The Morgan fingerprint density at radius 1 is 0.853 bits per heavy atom. The molecule has 0 aliphatic heterocycles. The molecule has 0 unspecified atom stereocenters. The van der Waals surface area contributed by atoms with Crippen molar-refractivity contribution in [2.45, 2.75) is 26.9 Å². The van der Waals surface area contributed by atoms with Crippen LogP contribution in [0.25, 0.3) is 11.3 Å². The van der Waals surface area contributed by atoms with E-state index in [1.165, 1.54) is 0 Å². The molecule has 174 valence electrons. The van der Waals surface area contributed by atoms with E-state index in [0.29, 0.717) is 29.6 Å². The van der Waals surface area contributed by atoms with Gasteiger partial charge in [-0.2, -0.15) is 0 Å². The van der Waals surface area contributed by atoms with Crippen molar-refractivity contribution in [1.82, 2.24) is 10.1 Å². The molecule has 1 heterocycles. The molecule has 0 aliphatic carbocycles. The molecule has 1 aromatic heterocycles. The van der Waals surface area contributed by atoms with Gasteiger partial charge in [0.25, 0.3) is 5.91 Å². The molecule has 0 saturated heterocycles. The van der Waals surface area contributed by atoms with Gasteiger partial charge in [0, 0.05) is 35.8 Å². The van der Waals surface area contributed by atoms with Gasteiger partial charge in [-0.25, -0.2) is 0 Å². The molecule has 0 saturated carbocycles. The number of halogens is 1. The van der Waals surface area contributed by atoms with Crippen LogP contribution in [0, 0.1) is 0 Å². The van der Waals surface area contributed by atoms with Crippen molar-refractivity contribution in [3.63, 3.8) is 0 Å². The fourth-order valence-corrected chi connectivity index (χ4v) is 4.12. The average Bonchev–Trinajstić information content (AvgIpc) is 3.29. The lowest BCUT2D eigenvalue weighted by molar-refractivity contribution is 0.0730. The highest BCUT2D eigenvalue weighted by molar-refractivity contribution is 6.30. The third kappa shape index (κ3) is 5.32. The standard InChI is InChI=1S/C28H28ClN3O2/c1-3-31(4-2)28-25(26(30-34-28)22-13-9-6-10-14-22)20-32(19-21-11-7-5-8-12-21)27(33)23-15-17-24(29)18-16-23/h5-18H,3-4,19-20H2,1-2H3. The lowest BCUT2D eigenvalue weighted by atomic mass is 10.1. The zero-order valence-electron chi connectivity index (χ0n) is 19.4. The van der Waals surface area contributed by atoms with Gasteiger partial charge in [0.1, 0.15) is 5.69 Å². The summed E-state index contributed by atoms with van der Waals surface area (Å²) in [6.07, 6.45) is 0. The second-order valence-electron chi connectivity index (χ2n) is 8.01. The van der Waals surface area contributed by atoms with Crippen molar-refractivity contribution in [2.24, 2.45) is 0 Å². The molecular formula is C28H28ClN3O2. The number of amides is 1. The molecule has 0 spiro atoms. The molecule has 0 bridgehead atoms. The number of rotatable bonds is 9. The Labute approximate surface area is 205 Å². The number of benzene rings is 3. The van der Waals surface area contributed by atoms with E-state index in [9.17, 15) is 4.79 Å². The van der Waals surface area contributed by atoms with Gasteiger partial charge in [0.15, 0.2) is 0 Å². The van der Waals surface area contributed by atoms with E-state index in [1.807, 2.05) is 65.6 Å². The first kappa shape index (κ1) is 23.6. The Bertz CT molecular complexity index is 1200. The minimum atomic E-state index is -0.0776. The summed E-state index contributed by atoms with van der Waals surface area (Å²) in [5.41, 5.74) is 4.24. The zero-order chi connectivity index (χ0) is 23.9. The second-order valence-corrected chi connectivity index (χ2v) is 8.44. The molecule has 4 aromatic rings. The van der Waals surface area contributed by atoms with Crippen LogP contribution in [0.5, 0.6) is 0 Å². The fourth-order valence-electron chi connectivity index (χ4n) is 3.99. The predicted octanol–water partition coefficient (Wildman–Crippen LogP) is 6.68. The lowest BCUT2D eigenvalue weighted by Crippen LogP contribution is -2.31. The fraction of sp³-hybridized carbons (Fsp3) is 0.214. The van der Waals surface area contributed by atoms with Gasteiger partial charge in [-0.1, -0.05) is 77.4 Å². The van der Waals surface area contributed by atoms with E-state index in [0.717, 1.165) is 35.5 Å². The smallest absolute Gasteiger partial charge is 0.254 e. The summed E-state index contributed by atoms with van der Waals surface area (Å²) in [5, 5.41) is 5.03. The number of nitrogens with zero attached hydrogens (tertiary/aromatic N) is 3. The maximum Gasteiger partial charge on any atom is 0.254 e. The minimum Gasteiger partial charge on any atom is -0.341 e. The first-order chi connectivity index (χ1) is 16.6. The van der Waals surface area contributed by atoms with E-state index in [2.05, 4.69) is 23.9 Å². The van der Waals surface area contributed by atoms with Crippen molar-refractivity contribution in [3.8, 4) is 11.3 Å². The summed E-state index contributed by atoms with van der Waals surface area (Å²) in [5.74, 6) is 0.622. The number of aromatic nitrogens is 1. The van der Waals surface area contributed by atoms with Crippen LogP contribution in [-0.2, 0) is 13.1 Å². The second kappa shape index (κ2) is 11.0. The summed E-state index contributed by atoms with van der Waals surface area (Å²) < 4.78 is 5.87. The van der Waals surface area contributed by atoms with Crippen molar-refractivity contribution in [1.29, 1.82) is 0 Å². The van der Waals surface area contributed by atoms with E-state index >= 15 is 0 Å². The normalized spacial score (nSPS) is 10.8. The molecule has 0 radical (unpaired) electrons. The van der Waals surface area contributed by atoms with Crippen LogP contribution in [0.4, 0.5) is 5.88 Å². The van der Waals surface area contributed by atoms with Gasteiger partial charge in [0.05, 0.1) is 12.1 Å². The molecule has 34 heavy (non-hydrogen) atoms. The van der Waals surface area contributed by atoms with Crippen LogP contribution in [-0.4, -0.2) is 29.1 Å². The highest BCUT2D eigenvalue weighted by Gasteiger charge is 2.26. The number of hydrogen-bond acceptors (Lipinski definition) is 4. The topological polar surface area (TPSA) is 49.6 Å². The summed E-state index contributed by atoms with van der Waals surface area (Å²) in [6, 6.07) is 27.0. The highest BCUT2D eigenvalue weighted by Crippen LogP contribution is 2.33. The Balaban J connectivity index is 1.77. The van der Waals surface area contributed by atoms with Crippen molar-refractivity contribution in [2.75, 3.05) is 18.0 Å². The van der Waals surface area contributed by atoms with E-state index in [-0.39, 0.29) is 5.91 Å². The van der Waals surface area contributed by atoms with E-state index < -0.39 is 0 Å². The Morgan fingerprint density at radius 2 is 1.47 bits per heavy atom. The molecule has 0 fully saturated rings. The highest BCUT2D eigenvalue weighted by atomic mass is 35.5. The van der Waals surface area contributed by atoms with Gasteiger partial charge in [-0.15, -0.1) is 0 Å². The van der Waals surface area contributed by atoms with Crippen LogP contribution in [0.3, 0.4) is 0 Å². The first-order valence-electron chi connectivity index (χ1n) is 11.5. The monoisotopic (exact) mass is 473 g/mol. The summed E-state index contributed by atoms with van der Waals surface area (Å²) in [6.45, 7) is 6.53. The Hall–Kier alpha value is -3.57. The van der Waals surface area contributed by atoms with Crippen molar-refractivity contribution < 1.29 is 9.32 Å². The van der Waals surface area contributed by atoms with Crippen molar-refractivity contribution in [3.05, 3.63) is 107 Å². The van der Waals surface area contributed by atoms with Crippen LogP contribution in [0.2, 0.25) is 5.02 Å². The van der Waals surface area contributed by atoms with E-state index in [1.54, 1.807) is 24.3 Å². The Kier molecular flexibility index (Phi) is 7.65. The number of carbonyl (C=O) groups excluding carboxylic acids is 1. The number of hydrogen-bond donors (Lipinski definition) is 0. The quantitative estimate of drug-likeness (QED) is 0.272. The minimum absolute atomic E-state index is 0.0776. The Morgan fingerprint density at radius 3 is 2.09 bits per heavy atom. The molecule has 0 N–H and O–H groups in total. The molecule has 4 rings (SSSR count). The largest absolute Gasteiger partial charge is 0.341 e. The molecule has 0 aliphatic rings. The molecule has 5 nitrogen and oxygen atoms in total.